The largest absolute Gasteiger partial charge is 0.478 e. The zero-order valence-electron chi connectivity index (χ0n) is 14.7. The molecule has 0 saturated heterocycles. The molecule has 5 heteroatoms. The Balaban J connectivity index is 4.74. The predicted octanol–water partition coefficient (Wildman–Crippen LogP) is 2.51. The molecule has 0 aromatic carbocycles. The number of rotatable bonds is 9. The molecule has 0 amide bonds. The highest BCUT2D eigenvalue weighted by atomic mass is 16.4. The van der Waals surface area contributed by atoms with Gasteiger partial charge in [-0.3, -0.25) is 0 Å². The molecule has 0 aliphatic rings. The van der Waals surface area contributed by atoms with Crippen molar-refractivity contribution >= 4 is 5.97 Å². The Hall–Kier alpha value is -1.95. The smallest absolute Gasteiger partial charge is 0.328 e. The summed E-state index contributed by atoms with van der Waals surface area (Å²) in [7, 11) is 0. The Morgan fingerprint density at radius 3 is 2.12 bits per heavy atom. The molecule has 5 nitrogen and oxygen atoms in total. The number of aliphatic hydroxyl groups excluding tert-OH is 3. The van der Waals surface area contributed by atoms with Gasteiger partial charge in [0.05, 0.1) is 18.3 Å². The number of allylic oxidation sites excluding steroid dienone is 8. The van der Waals surface area contributed by atoms with Gasteiger partial charge in [-0.05, 0) is 27.7 Å². The van der Waals surface area contributed by atoms with Crippen LogP contribution in [-0.4, -0.2) is 44.7 Å². The lowest BCUT2D eigenvalue weighted by Gasteiger charge is -2.16. The van der Waals surface area contributed by atoms with E-state index in [4.69, 9.17) is 5.11 Å². The first kappa shape index (κ1) is 22.1. The summed E-state index contributed by atoms with van der Waals surface area (Å²) in [6.07, 6.45) is 8.85. The molecule has 3 unspecified atom stereocenters. The first-order chi connectivity index (χ1) is 11.1. The average molecular weight is 336 g/mol. The van der Waals surface area contributed by atoms with Gasteiger partial charge in [0.1, 0.15) is 0 Å². The summed E-state index contributed by atoms with van der Waals surface area (Å²) in [5.74, 6) is -0.985. The van der Waals surface area contributed by atoms with E-state index in [0.717, 1.165) is 22.8 Å². The van der Waals surface area contributed by atoms with Gasteiger partial charge in [0.15, 0.2) is 0 Å². The van der Waals surface area contributed by atoms with E-state index in [2.05, 4.69) is 0 Å². The van der Waals surface area contributed by atoms with Gasteiger partial charge in [-0.1, -0.05) is 53.2 Å². The van der Waals surface area contributed by atoms with Gasteiger partial charge in [0.2, 0.25) is 0 Å². The molecule has 0 spiro atoms. The molecule has 0 aromatic heterocycles. The van der Waals surface area contributed by atoms with Crippen molar-refractivity contribution in [3.05, 3.63) is 59.3 Å². The second kappa shape index (κ2) is 11.6. The maximum Gasteiger partial charge on any atom is 0.328 e. The van der Waals surface area contributed by atoms with E-state index in [0.29, 0.717) is 0 Å². The second-order valence-electron chi connectivity index (χ2n) is 5.88. The topological polar surface area (TPSA) is 98.0 Å². The SMILES string of the molecule is CC(=CC=CC(C)=CC(O)C(O)CC(C)O)C=C(C)C=CC(=O)O. The minimum absolute atomic E-state index is 0.113. The summed E-state index contributed by atoms with van der Waals surface area (Å²) in [4.78, 5) is 10.4. The van der Waals surface area contributed by atoms with Gasteiger partial charge in [-0.25, -0.2) is 4.79 Å². The van der Waals surface area contributed by atoms with Crippen LogP contribution in [0.5, 0.6) is 0 Å². The quantitative estimate of drug-likeness (QED) is 0.383. The van der Waals surface area contributed by atoms with E-state index in [9.17, 15) is 20.1 Å². The second-order valence-corrected chi connectivity index (χ2v) is 5.88. The number of aliphatic hydroxyl groups is 3. The van der Waals surface area contributed by atoms with Crippen molar-refractivity contribution < 1.29 is 25.2 Å². The molecule has 0 saturated carbocycles. The molecule has 0 fully saturated rings. The van der Waals surface area contributed by atoms with Gasteiger partial charge in [-0.15, -0.1) is 0 Å². The van der Waals surface area contributed by atoms with Crippen molar-refractivity contribution in [3.8, 4) is 0 Å². The Bertz CT molecular complexity index is 550. The van der Waals surface area contributed by atoms with Crippen LogP contribution in [0.3, 0.4) is 0 Å². The Morgan fingerprint density at radius 2 is 1.58 bits per heavy atom. The minimum atomic E-state index is -1.03. The molecule has 134 valence electrons. The van der Waals surface area contributed by atoms with Gasteiger partial charge in [0, 0.05) is 12.5 Å². The molecule has 0 bridgehead atoms. The summed E-state index contributed by atoms with van der Waals surface area (Å²) in [5, 5.41) is 37.3. The molecular formula is C19H28O5. The molecule has 0 aliphatic heterocycles. The first-order valence-corrected chi connectivity index (χ1v) is 7.78. The maximum absolute atomic E-state index is 10.4. The van der Waals surface area contributed by atoms with Gasteiger partial charge >= 0.3 is 5.97 Å². The number of hydrogen-bond acceptors (Lipinski definition) is 4. The third kappa shape index (κ3) is 11.6. The van der Waals surface area contributed by atoms with E-state index in [1.54, 1.807) is 26.0 Å². The van der Waals surface area contributed by atoms with Crippen molar-refractivity contribution in [2.75, 3.05) is 0 Å². The lowest BCUT2D eigenvalue weighted by Crippen LogP contribution is -2.27. The third-order valence-corrected chi connectivity index (χ3v) is 3.07. The number of aliphatic carboxylic acids is 1. The number of carbonyl (C=O) groups is 1. The van der Waals surface area contributed by atoms with E-state index in [-0.39, 0.29) is 6.42 Å². The highest BCUT2D eigenvalue weighted by molar-refractivity contribution is 5.80. The monoisotopic (exact) mass is 336 g/mol. The molecule has 0 rings (SSSR count). The van der Waals surface area contributed by atoms with E-state index in [1.807, 2.05) is 26.0 Å². The van der Waals surface area contributed by atoms with Gasteiger partial charge < -0.3 is 20.4 Å². The van der Waals surface area contributed by atoms with Crippen LogP contribution in [0.1, 0.15) is 34.1 Å². The molecule has 24 heavy (non-hydrogen) atoms. The van der Waals surface area contributed by atoms with Crippen molar-refractivity contribution in [1.29, 1.82) is 0 Å². The minimum Gasteiger partial charge on any atom is -0.478 e. The van der Waals surface area contributed by atoms with Crippen LogP contribution < -0.4 is 0 Å². The fourth-order valence-corrected chi connectivity index (χ4v) is 1.93. The number of hydrogen-bond donors (Lipinski definition) is 4. The van der Waals surface area contributed by atoms with Crippen LogP contribution in [0.25, 0.3) is 0 Å². The Kier molecular flexibility index (Phi) is 10.6. The number of carboxylic acid groups (broad SMARTS) is 1. The number of carboxylic acids is 1. The van der Waals surface area contributed by atoms with Crippen LogP contribution >= 0.6 is 0 Å². The Morgan fingerprint density at radius 1 is 0.958 bits per heavy atom. The lowest BCUT2D eigenvalue weighted by molar-refractivity contribution is -0.131. The lowest BCUT2D eigenvalue weighted by atomic mass is 10.0. The third-order valence-electron chi connectivity index (χ3n) is 3.07. The average Bonchev–Trinajstić information content (AvgIpc) is 2.44. The summed E-state index contributed by atoms with van der Waals surface area (Å²) >= 11 is 0. The Labute approximate surface area is 143 Å². The molecule has 0 aromatic rings. The highest BCUT2D eigenvalue weighted by Crippen LogP contribution is 2.08. The first-order valence-electron chi connectivity index (χ1n) is 7.78. The van der Waals surface area contributed by atoms with E-state index < -0.39 is 24.3 Å². The normalized spacial score (nSPS) is 18.2. The zero-order valence-corrected chi connectivity index (χ0v) is 14.7. The highest BCUT2D eigenvalue weighted by Gasteiger charge is 2.15. The van der Waals surface area contributed by atoms with E-state index >= 15 is 0 Å². The summed E-state index contributed by atoms with van der Waals surface area (Å²) < 4.78 is 0. The van der Waals surface area contributed by atoms with Crippen LogP contribution in [0.4, 0.5) is 0 Å². The fraction of sp³-hybridized carbons (Fsp3) is 0.421. The molecule has 4 N–H and O–H groups in total. The standard InChI is InChI=1S/C19H28O5/c1-13(10-15(3)8-9-19(23)24)6-5-7-14(2)11-17(21)18(22)12-16(4)20/h5-11,16-18,20-22H,12H2,1-4H3,(H,23,24). The van der Waals surface area contributed by atoms with Crippen molar-refractivity contribution in [2.45, 2.75) is 52.4 Å². The van der Waals surface area contributed by atoms with Gasteiger partial charge in [-0.2, -0.15) is 0 Å². The van der Waals surface area contributed by atoms with Crippen LogP contribution in [0, 0.1) is 0 Å². The van der Waals surface area contributed by atoms with Crippen molar-refractivity contribution in [2.24, 2.45) is 0 Å². The summed E-state index contributed by atoms with van der Waals surface area (Å²) in [5.41, 5.74) is 2.55. The van der Waals surface area contributed by atoms with Crippen LogP contribution in [0.15, 0.2) is 59.3 Å². The summed E-state index contributed by atoms with van der Waals surface area (Å²) in [6, 6.07) is 0. The molecule has 0 aliphatic carbocycles. The van der Waals surface area contributed by atoms with Crippen molar-refractivity contribution in [1.82, 2.24) is 0 Å². The molecular weight excluding hydrogens is 308 g/mol. The van der Waals surface area contributed by atoms with Crippen LogP contribution in [-0.2, 0) is 4.79 Å². The molecule has 3 atom stereocenters. The van der Waals surface area contributed by atoms with E-state index in [1.165, 1.54) is 12.2 Å². The van der Waals surface area contributed by atoms with Crippen molar-refractivity contribution in [3.63, 3.8) is 0 Å². The van der Waals surface area contributed by atoms with Gasteiger partial charge in [0.25, 0.3) is 0 Å². The maximum atomic E-state index is 10.4. The molecule has 0 heterocycles. The fourth-order valence-electron chi connectivity index (χ4n) is 1.93. The summed E-state index contributed by atoms with van der Waals surface area (Å²) in [6.45, 7) is 7.06. The predicted molar refractivity (Wildman–Crippen MR) is 95.5 cm³/mol. The zero-order chi connectivity index (χ0) is 18.7. The molecule has 0 radical (unpaired) electrons. The van der Waals surface area contributed by atoms with Crippen LogP contribution in [0.2, 0.25) is 0 Å².